The summed E-state index contributed by atoms with van der Waals surface area (Å²) in [4.78, 5) is 26.2. The Morgan fingerprint density at radius 1 is 1.10 bits per heavy atom. The van der Waals surface area contributed by atoms with Crippen LogP contribution in [0.25, 0.3) is 0 Å². The lowest BCUT2D eigenvalue weighted by atomic mass is 10.1. The molecule has 1 fully saturated rings. The first kappa shape index (κ1) is 22.9. The summed E-state index contributed by atoms with van der Waals surface area (Å²) in [6, 6.07) is 6.67. The van der Waals surface area contributed by atoms with E-state index in [1.54, 1.807) is 47.6 Å². The minimum atomic E-state index is -3.45. The molecule has 0 amide bonds. The maximum Gasteiger partial charge on any atom is 0.306 e. The number of sulfonamides is 1. The van der Waals surface area contributed by atoms with E-state index in [1.165, 1.54) is 0 Å². The molecule has 168 valence electrons. The van der Waals surface area contributed by atoms with Crippen LogP contribution in [0.4, 0.5) is 11.9 Å². The first-order chi connectivity index (χ1) is 14.8. The topological polar surface area (TPSA) is 132 Å². The summed E-state index contributed by atoms with van der Waals surface area (Å²) in [7, 11) is 0.0893. The van der Waals surface area contributed by atoms with E-state index in [0.717, 1.165) is 24.8 Å². The van der Waals surface area contributed by atoms with Crippen molar-refractivity contribution in [3.8, 4) is 0 Å². The molecule has 2 aromatic rings. The average molecular weight is 449 g/mol. The molecule has 0 aliphatic carbocycles. The molecule has 1 saturated heterocycles. The van der Waals surface area contributed by atoms with Crippen LogP contribution >= 0.6 is 0 Å². The third kappa shape index (κ3) is 6.11. The summed E-state index contributed by atoms with van der Waals surface area (Å²) in [6.07, 6.45) is 3.45. The molecule has 2 N–H and O–H groups in total. The van der Waals surface area contributed by atoms with Gasteiger partial charge in [-0.2, -0.15) is 19.3 Å². The fourth-order valence-corrected chi connectivity index (χ4v) is 4.75. The molecule has 31 heavy (non-hydrogen) atoms. The fraction of sp³-hybridized carbons (Fsp3) is 0.500. The highest BCUT2D eigenvalue weighted by atomic mass is 32.2. The molecule has 2 heterocycles. The van der Waals surface area contributed by atoms with Crippen LogP contribution in [0.15, 0.2) is 29.2 Å². The Kier molecular flexibility index (Phi) is 7.39. The fourth-order valence-electron chi connectivity index (χ4n) is 3.24. The summed E-state index contributed by atoms with van der Waals surface area (Å²) < 4.78 is 32.2. The van der Waals surface area contributed by atoms with Gasteiger partial charge in [-0.3, -0.25) is 4.79 Å². The Morgan fingerprint density at radius 3 is 2.42 bits per heavy atom. The Hall–Kier alpha value is -2.79. The van der Waals surface area contributed by atoms with Crippen molar-refractivity contribution in [3.05, 3.63) is 35.7 Å². The molecule has 0 unspecified atom stereocenters. The number of nitrogens with zero attached hydrogens (tertiary/aromatic N) is 5. The van der Waals surface area contributed by atoms with Gasteiger partial charge in [-0.1, -0.05) is 18.6 Å². The van der Waals surface area contributed by atoms with Crippen LogP contribution in [0, 0.1) is 0 Å². The predicted octanol–water partition coefficient (Wildman–Crippen LogP) is 1.37. The molecule has 0 saturated carbocycles. The number of anilines is 2. The molecule has 0 bridgehead atoms. The number of aryl methyl sites for hydroxylation is 1. The smallest absolute Gasteiger partial charge is 0.306 e. The summed E-state index contributed by atoms with van der Waals surface area (Å²) in [5.41, 5.74) is 6.51. The highest BCUT2D eigenvalue weighted by Gasteiger charge is 2.25. The molecule has 3 rings (SSSR count). The summed E-state index contributed by atoms with van der Waals surface area (Å²) in [6.45, 7) is 1.04. The lowest BCUT2D eigenvalue weighted by Crippen LogP contribution is -2.35. The van der Waals surface area contributed by atoms with E-state index in [4.69, 9.17) is 10.5 Å². The molecular weight excluding hydrogens is 420 g/mol. The Morgan fingerprint density at radius 2 is 1.77 bits per heavy atom. The molecule has 1 aliphatic heterocycles. The number of hydrogen-bond acceptors (Lipinski definition) is 9. The highest BCUT2D eigenvalue weighted by molar-refractivity contribution is 7.89. The van der Waals surface area contributed by atoms with Crippen LogP contribution in [-0.2, 0) is 32.6 Å². The Bertz CT molecular complexity index is 1000. The van der Waals surface area contributed by atoms with Crippen molar-refractivity contribution >= 4 is 27.9 Å². The van der Waals surface area contributed by atoms with Gasteiger partial charge in [-0.15, -0.1) is 0 Å². The van der Waals surface area contributed by atoms with E-state index in [9.17, 15) is 13.2 Å². The molecule has 0 atom stereocenters. The molecule has 10 nitrogen and oxygen atoms in total. The largest absolute Gasteiger partial charge is 0.457 e. The monoisotopic (exact) mass is 448 g/mol. The minimum Gasteiger partial charge on any atom is -0.457 e. The Balaban J connectivity index is 1.51. The predicted molar refractivity (Wildman–Crippen MR) is 116 cm³/mol. The van der Waals surface area contributed by atoms with Gasteiger partial charge in [0.2, 0.25) is 21.9 Å². The number of piperidine rings is 1. The van der Waals surface area contributed by atoms with Gasteiger partial charge >= 0.3 is 5.97 Å². The van der Waals surface area contributed by atoms with Crippen molar-refractivity contribution in [3.63, 3.8) is 0 Å². The van der Waals surface area contributed by atoms with Gasteiger partial charge in [-0.25, -0.2) is 8.42 Å². The molecule has 1 aromatic heterocycles. The SMILES string of the molecule is CN(C)c1nc(N)nc(COC(=O)CCc2ccc(S(=O)(=O)N3CCCCC3)cc2)n1. The van der Waals surface area contributed by atoms with Crippen LogP contribution in [0.2, 0.25) is 0 Å². The second kappa shape index (κ2) is 10.0. The number of esters is 1. The molecular formula is C20H28N6O4S. The van der Waals surface area contributed by atoms with Crippen LogP contribution in [0.5, 0.6) is 0 Å². The van der Waals surface area contributed by atoms with Crippen LogP contribution < -0.4 is 10.6 Å². The van der Waals surface area contributed by atoms with Crippen LogP contribution in [-0.4, -0.2) is 60.8 Å². The Labute approximate surface area is 182 Å². The van der Waals surface area contributed by atoms with E-state index in [1.807, 2.05) is 0 Å². The van der Waals surface area contributed by atoms with Crippen LogP contribution in [0.1, 0.15) is 37.1 Å². The van der Waals surface area contributed by atoms with Crippen molar-refractivity contribution in [1.82, 2.24) is 19.3 Å². The summed E-state index contributed by atoms with van der Waals surface area (Å²) in [5, 5.41) is 0. The molecule has 1 aliphatic rings. The van der Waals surface area contributed by atoms with Crippen LogP contribution in [0.3, 0.4) is 0 Å². The van der Waals surface area contributed by atoms with E-state index >= 15 is 0 Å². The zero-order valence-corrected chi connectivity index (χ0v) is 18.6. The minimum absolute atomic E-state index is 0.0596. The maximum atomic E-state index is 12.7. The molecule has 11 heteroatoms. The number of hydrogen-bond donors (Lipinski definition) is 1. The third-order valence-corrected chi connectivity index (χ3v) is 6.86. The zero-order chi connectivity index (χ0) is 22.4. The van der Waals surface area contributed by atoms with Gasteiger partial charge < -0.3 is 15.4 Å². The van der Waals surface area contributed by atoms with Gasteiger partial charge in [0.05, 0.1) is 4.90 Å². The van der Waals surface area contributed by atoms with E-state index in [0.29, 0.717) is 25.5 Å². The standard InChI is InChI=1S/C20H28N6O4S/c1-25(2)20-23-17(22-19(21)24-20)14-30-18(27)11-8-15-6-9-16(10-7-15)31(28,29)26-12-4-3-5-13-26/h6-7,9-10H,3-5,8,11-14H2,1-2H3,(H2,21,22,23,24). The molecule has 0 spiro atoms. The lowest BCUT2D eigenvalue weighted by Gasteiger charge is -2.25. The average Bonchev–Trinajstić information content (AvgIpc) is 2.76. The molecule has 1 aromatic carbocycles. The number of ether oxygens (including phenoxy) is 1. The van der Waals surface area contributed by atoms with E-state index in [-0.39, 0.29) is 29.7 Å². The van der Waals surface area contributed by atoms with Gasteiger partial charge in [0.25, 0.3) is 0 Å². The third-order valence-electron chi connectivity index (χ3n) is 4.94. The summed E-state index contributed by atoms with van der Waals surface area (Å²) >= 11 is 0. The van der Waals surface area contributed by atoms with Crippen molar-refractivity contribution < 1.29 is 17.9 Å². The number of rotatable bonds is 8. The van der Waals surface area contributed by atoms with Crippen molar-refractivity contribution in [2.75, 3.05) is 37.8 Å². The number of carbonyl (C=O) groups is 1. The van der Waals surface area contributed by atoms with E-state index in [2.05, 4.69) is 15.0 Å². The number of nitrogen functional groups attached to an aromatic ring is 1. The van der Waals surface area contributed by atoms with Crippen molar-refractivity contribution in [1.29, 1.82) is 0 Å². The van der Waals surface area contributed by atoms with Gasteiger partial charge in [0, 0.05) is 33.6 Å². The quantitative estimate of drug-likeness (QED) is 0.595. The van der Waals surface area contributed by atoms with Gasteiger partial charge in [-0.05, 0) is 37.0 Å². The lowest BCUT2D eigenvalue weighted by molar-refractivity contribution is -0.145. The van der Waals surface area contributed by atoms with Crippen molar-refractivity contribution in [2.45, 2.75) is 43.6 Å². The first-order valence-electron chi connectivity index (χ1n) is 10.2. The number of carbonyl (C=O) groups excluding carboxylic acids is 1. The first-order valence-corrected chi connectivity index (χ1v) is 11.6. The van der Waals surface area contributed by atoms with Gasteiger partial charge in [0.15, 0.2) is 12.4 Å². The number of aromatic nitrogens is 3. The van der Waals surface area contributed by atoms with E-state index < -0.39 is 16.0 Å². The second-order valence-corrected chi connectivity index (χ2v) is 9.51. The highest BCUT2D eigenvalue weighted by Crippen LogP contribution is 2.21. The number of benzene rings is 1. The van der Waals surface area contributed by atoms with Gasteiger partial charge in [0.1, 0.15) is 0 Å². The normalized spacial score (nSPS) is 14.9. The molecule has 0 radical (unpaired) electrons. The zero-order valence-electron chi connectivity index (χ0n) is 17.8. The summed E-state index contributed by atoms with van der Waals surface area (Å²) in [5.74, 6) is 0.315. The maximum absolute atomic E-state index is 12.7. The number of nitrogens with two attached hydrogens (primary N) is 1. The van der Waals surface area contributed by atoms with Crippen molar-refractivity contribution in [2.24, 2.45) is 0 Å². The second-order valence-electron chi connectivity index (χ2n) is 7.57.